The van der Waals surface area contributed by atoms with E-state index in [4.69, 9.17) is 4.74 Å². The van der Waals surface area contributed by atoms with Crippen LogP contribution in [-0.4, -0.2) is 35.0 Å². The maximum atomic E-state index is 11.7. The van der Waals surface area contributed by atoms with Crippen LogP contribution in [0.1, 0.15) is 10.4 Å². The number of amides is 1. The van der Waals surface area contributed by atoms with Crippen LogP contribution in [0.15, 0.2) is 36.5 Å². The van der Waals surface area contributed by atoms with Crippen LogP contribution in [0.5, 0.6) is 5.75 Å². The summed E-state index contributed by atoms with van der Waals surface area (Å²) in [4.78, 5) is 23.5. The van der Waals surface area contributed by atoms with E-state index in [1.807, 2.05) is 12.1 Å². The molecule has 0 atom stereocenters. The van der Waals surface area contributed by atoms with Crippen molar-refractivity contribution in [3.05, 3.63) is 42.1 Å². The number of H-pyrrole nitrogens is 1. The van der Waals surface area contributed by atoms with Crippen LogP contribution in [0, 0.1) is 0 Å². The summed E-state index contributed by atoms with van der Waals surface area (Å²) in [5.41, 5.74) is 2.81. The Kier molecular flexibility index (Phi) is 3.27. The van der Waals surface area contributed by atoms with Gasteiger partial charge in [-0.2, -0.15) is 0 Å². The van der Waals surface area contributed by atoms with Crippen LogP contribution in [-0.2, 0) is 0 Å². The first kappa shape index (κ1) is 13.1. The SMILES string of the molecule is CNC(=O)c1ccc(-c2nc3ncccc3[nH]2)c(OC)c1. The van der Waals surface area contributed by atoms with Gasteiger partial charge in [-0.05, 0) is 30.3 Å². The number of fused-ring (bicyclic) bond motifs is 1. The van der Waals surface area contributed by atoms with Crippen LogP contribution in [0.3, 0.4) is 0 Å². The number of aromatic nitrogens is 3. The number of carbonyl (C=O) groups is 1. The fraction of sp³-hybridized carbons (Fsp3) is 0.133. The van der Waals surface area contributed by atoms with E-state index in [2.05, 4.69) is 20.3 Å². The Morgan fingerprint density at radius 2 is 2.19 bits per heavy atom. The van der Waals surface area contributed by atoms with Gasteiger partial charge in [-0.25, -0.2) is 9.97 Å². The van der Waals surface area contributed by atoms with E-state index in [0.29, 0.717) is 22.8 Å². The molecule has 0 bridgehead atoms. The minimum absolute atomic E-state index is 0.161. The molecule has 2 aromatic heterocycles. The second-order valence-corrected chi connectivity index (χ2v) is 4.45. The summed E-state index contributed by atoms with van der Waals surface area (Å²) < 4.78 is 5.37. The van der Waals surface area contributed by atoms with E-state index in [-0.39, 0.29) is 5.91 Å². The average Bonchev–Trinajstić information content (AvgIpc) is 2.97. The zero-order valence-electron chi connectivity index (χ0n) is 11.7. The molecule has 1 aromatic carbocycles. The molecule has 6 heteroatoms. The molecular formula is C15H14N4O2. The molecule has 2 heterocycles. The summed E-state index contributed by atoms with van der Waals surface area (Å²) in [5, 5.41) is 2.59. The number of carbonyl (C=O) groups excluding carboxylic acids is 1. The van der Waals surface area contributed by atoms with E-state index in [0.717, 1.165) is 11.1 Å². The molecule has 2 N–H and O–H groups in total. The van der Waals surface area contributed by atoms with Crippen molar-refractivity contribution in [1.82, 2.24) is 20.3 Å². The van der Waals surface area contributed by atoms with E-state index >= 15 is 0 Å². The smallest absolute Gasteiger partial charge is 0.251 e. The maximum Gasteiger partial charge on any atom is 0.251 e. The van der Waals surface area contributed by atoms with Gasteiger partial charge in [0.25, 0.3) is 5.91 Å². The van der Waals surface area contributed by atoms with Crippen LogP contribution in [0.4, 0.5) is 0 Å². The summed E-state index contributed by atoms with van der Waals surface area (Å²) in [6.07, 6.45) is 1.69. The highest BCUT2D eigenvalue weighted by atomic mass is 16.5. The number of aromatic amines is 1. The summed E-state index contributed by atoms with van der Waals surface area (Å²) in [5.74, 6) is 1.07. The number of ether oxygens (including phenoxy) is 1. The molecule has 0 saturated heterocycles. The van der Waals surface area contributed by atoms with Gasteiger partial charge in [0.2, 0.25) is 0 Å². The monoisotopic (exact) mass is 282 g/mol. The van der Waals surface area contributed by atoms with Crippen molar-refractivity contribution in [3.63, 3.8) is 0 Å². The number of pyridine rings is 1. The Balaban J connectivity index is 2.10. The van der Waals surface area contributed by atoms with Crippen molar-refractivity contribution >= 4 is 17.1 Å². The number of benzene rings is 1. The minimum Gasteiger partial charge on any atom is -0.496 e. The lowest BCUT2D eigenvalue weighted by Gasteiger charge is -2.08. The highest BCUT2D eigenvalue weighted by molar-refractivity contribution is 5.95. The molecule has 0 aliphatic carbocycles. The number of hydrogen-bond donors (Lipinski definition) is 2. The van der Waals surface area contributed by atoms with Crippen molar-refractivity contribution < 1.29 is 9.53 Å². The van der Waals surface area contributed by atoms with Gasteiger partial charge >= 0.3 is 0 Å². The van der Waals surface area contributed by atoms with Crippen LogP contribution in [0.25, 0.3) is 22.6 Å². The zero-order valence-corrected chi connectivity index (χ0v) is 11.7. The predicted molar refractivity (Wildman–Crippen MR) is 79.3 cm³/mol. The first-order valence-corrected chi connectivity index (χ1v) is 6.44. The van der Waals surface area contributed by atoms with Gasteiger partial charge in [0, 0.05) is 18.8 Å². The largest absolute Gasteiger partial charge is 0.496 e. The highest BCUT2D eigenvalue weighted by Gasteiger charge is 2.13. The standard InChI is InChI=1S/C15H14N4O2/c1-16-15(20)9-5-6-10(12(8-9)21-2)13-18-11-4-3-7-17-14(11)19-13/h3-8H,1-2H3,(H,16,20)(H,17,18,19). The highest BCUT2D eigenvalue weighted by Crippen LogP contribution is 2.30. The van der Waals surface area contributed by atoms with E-state index in [9.17, 15) is 4.79 Å². The lowest BCUT2D eigenvalue weighted by Crippen LogP contribution is -2.17. The molecule has 0 radical (unpaired) electrons. The Morgan fingerprint density at radius 1 is 1.33 bits per heavy atom. The first-order chi connectivity index (χ1) is 10.2. The number of rotatable bonds is 3. The Labute approximate surface area is 121 Å². The molecular weight excluding hydrogens is 268 g/mol. The van der Waals surface area contributed by atoms with Crippen molar-refractivity contribution in [1.29, 1.82) is 0 Å². The van der Waals surface area contributed by atoms with Crippen LogP contribution >= 0.6 is 0 Å². The molecule has 0 aliphatic rings. The number of imidazole rings is 1. The first-order valence-electron chi connectivity index (χ1n) is 6.44. The fourth-order valence-corrected chi connectivity index (χ4v) is 2.15. The maximum absolute atomic E-state index is 11.7. The molecule has 0 spiro atoms. The van der Waals surface area contributed by atoms with Crippen molar-refractivity contribution in [2.45, 2.75) is 0 Å². The summed E-state index contributed by atoms with van der Waals surface area (Å²) >= 11 is 0. The number of nitrogens with one attached hydrogen (secondary N) is 2. The molecule has 106 valence electrons. The van der Waals surface area contributed by atoms with Crippen molar-refractivity contribution in [2.24, 2.45) is 0 Å². The van der Waals surface area contributed by atoms with E-state index in [1.54, 1.807) is 38.6 Å². The average molecular weight is 282 g/mol. The molecule has 21 heavy (non-hydrogen) atoms. The molecule has 0 aliphatic heterocycles. The Bertz CT molecular complexity index is 777. The van der Waals surface area contributed by atoms with Gasteiger partial charge in [-0.15, -0.1) is 0 Å². The topological polar surface area (TPSA) is 79.9 Å². The van der Waals surface area contributed by atoms with E-state index < -0.39 is 0 Å². The van der Waals surface area contributed by atoms with Crippen molar-refractivity contribution in [2.75, 3.05) is 14.2 Å². The quantitative estimate of drug-likeness (QED) is 0.770. The van der Waals surface area contributed by atoms with Gasteiger partial charge in [-0.1, -0.05) is 0 Å². The van der Waals surface area contributed by atoms with Crippen LogP contribution < -0.4 is 10.1 Å². The minimum atomic E-state index is -0.161. The normalized spacial score (nSPS) is 10.6. The number of nitrogens with zero attached hydrogens (tertiary/aromatic N) is 2. The third-order valence-corrected chi connectivity index (χ3v) is 3.20. The number of hydrogen-bond acceptors (Lipinski definition) is 4. The van der Waals surface area contributed by atoms with Gasteiger partial charge in [-0.3, -0.25) is 4.79 Å². The second-order valence-electron chi connectivity index (χ2n) is 4.45. The lowest BCUT2D eigenvalue weighted by atomic mass is 10.1. The summed E-state index contributed by atoms with van der Waals surface area (Å²) in [6, 6.07) is 8.98. The third kappa shape index (κ3) is 2.31. The van der Waals surface area contributed by atoms with Crippen molar-refractivity contribution in [3.8, 4) is 17.1 Å². The van der Waals surface area contributed by atoms with Crippen LogP contribution in [0.2, 0.25) is 0 Å². The Morgan fingerprint density at radius 3 is 2.90 bits per heavy atom. The zero-order chi connectivity index (χ0) is 14.8. The Hall–Kier alpha value is -2.89. The van der Waals surface area contributed by atoms with Gasteiger partial charge in [0.05, 0.1) is 18.2 Å². The second kappa shape index (κ2) is 5.24. The summed E-state index contributed by atoms with van der Waals surface area (Å²) in [7, 11) is 3.15. The van der Waals surface area contributed by atoms with Gasteiger partial charge < -0.3 is 15.0 Å². The van der Waals surface area contributed by atoms with Gasteiger partial charge in [0.1, 0.15) is 11.6 Å². The van der Waals surface area contributed by atoms with E-state index in [1.165, 1.54) is 0 Å². The summed E-state index contributed by atoms with van der Waals surface area (Å²) in [6.45, 7) is 0. The number of methoxy groups -OCH3 is 1. The molecule has 0 unspecified atom stereocenters. The molecule has 6 nitrogen and oxygen atoms in total. The molecule has 0 fully saturated rings. The third-order valence-electron chi connectivity index (χ3n) is 3.20. The molecule has 1 amide bonds. The molecule has 3 aromatic rings. The molecule has 0 saturated carbocycles. The predicted octanol–water partition coefficient (Wildman–Crippen LogP) is 1.99. The lowest BCUT2D eigenvalue weighted by molar-refractivity contribution is 0.0963. The fourth-order valence-electron chi connectivity index (χ4n) is 2.15. The molecule has 3 rings (SSSR count). The van der Waals surface area contributed by atoms with Gasteiger partial charge in [0.15, 0.2) is 5.65 Å².